The van der Waals surface area contributed by atoms with Crippen LogP contribution in [0.5, 0.6) is 0 Å². The molecule has 5 fully saturated rings. The topological polar surface area (TPSA) is 23.6 Å². The Morgan fingerprint density at radius 1 is 0.731 bits per heavy atom. The van der Waals surface area contributed by atoms with Crippen LogP contribution in [0.1, 0.15) is 80.1 Å². The first-order chi connectivity index (χ1) is 12.0. The number of carbonyl (C=O) groups is 1. The van der Waals surface area contributed by atoms with E-state index in [0.29, 0.717) is 28.9 Å². The summed E-state index contributed by atoms with van der Waals surface area (Å²) in [4.78, 5) is 18.4. The third-order valence-corrected chi connectivity index (χ3v) is 10.1. The molecule has 146 valence electrons. The van der Waals surface area contributed by atoms with E-state index in [1.54, 1.807) is 0 Å². The summed E-state index contributed by atoms with van der Waals surface area (Å²) >= 11 is 0. The van der Waals surface area contributed by atoms with Gasteiger partial charge in [-0.05, 0) is 72.0 Å². The molecule has 1 aliphatic heterocycles. The van der Waals surface area contributed by atoms with Gasteiger partial charge < -0.3 is 9.80 Å². The monoisotopic (exact) mass is 358 g/mol. The van der Waals surface area contributed by atoms with E-state index in [2.05, 4.69) is 51.3 Å². The average Bonchev–Trinajstić information content (AvgIpc) is 3.26. The van der Waals surface area contributed by atoms with Crippen LogP contribution in [-0.2, 0) is 0 Å². The molecule has 5 aliphatic rings. The second-order valence-corrected chi connectivity index (χ2v) is 12.3. The fourth-order valence-electron chi connectivity index (χ4n) is 9.16. The van der Waals surface area contributed by atoms with E-state index in [1.807, 2.05) is 0 Å². The van der Waals surface area contributed by atoms with Crippen molar-refractivity contribution >= 4 is 6.03 Å². The van der Waals surface area contributed by atoms with E-state index in [1.165, 1.54) is 38.5 Å². The van der Waals surface area contributed by atoms with E-state index in [0.717, 1.165) is 24.9 Å². The minimum absolute atomic E-state index is 0.271. The minimum Gasteiger partial charge on any atom is -0.319 e. The molecule has 4 aliphatic carbocycles. The Bertz CT molecular complexity index is 591. The molecular formula is C23H38N2O. The van der Waals surface area contributed by atoms with Crippen LogP contribution in [0.25, 0.3) is 0 Å². The van der Waals surface area contributed by atoms with E-state index in [4.69, 9.17) is 0 Å². The van der Waals surface area contributed by atoms with Crippen molar-refractivity contribution < 1.29 is 4.79 Å². The summed E-state index contributed by atoms with van der Waals surface area (Å²) in [6, 6.07) is 1.23. The molecule has 3 heteroatoms. The van der Waals surface area contributed by atoms with Crippen LogP contribution in [0.2, 0.25) is 0 Å². The van der Waals surface area contributed by atoms with Gasteiger partial charge in [-0.15, -0.1) is 0 Å². The minimum atomic E-state index is 0.271. The molecule has 0 spiro atoms. The van der Waals surface area contributed by atoms with E-state index < -0.39 is 0 Å². The highest BCUT2D eigenvalue weighted by Crippen LogP contribution is 2.66. The summed E-state index contributed by atoms with van der Waals surface area (Å²) in [5.41, 5.74) is 1.22. The molecular weight excluding hydrogens is 320 g/mol. The predicted molar refractivity (Wildman–Crippen MR) is 105 cm³/mol. The Hall–Kier alpha value is -0.730. The van der Waals surface area contributed by atoms with E-state index in [-0.39, 0.29) is 10.8 Å². The van der Waals surface area contributed by atoms with Gasteiger partial charge in [-0.2, -0.15) is 0 Å². The first kappa shape index (κ1) is 17.4. The second kappa shape index (κ2) is 4.81. The lowest BCUT2D eigenvalue weighted by Gasteiger charge is -2.49. The molecule has 0 aromatic heterocycles. The van der Waals surface area contributed by atoms with Crippen LogP contribution in [0, 0.1) is 33.5 Å². The molecule has 3 nitrogen and oxygen atoms in total. The first-order valence-corrected chi connectivity index (χ1v) is 11.1. The maximum atomic E-state index is 13.7. The number of rotatable bonds is 2. The molecule has 6 atom stereocenters. The number of hydrogen-bond acceptors (Lipinski definition) is 1. The summed E-state index contributed by atoms with van der Waals surface area (Å²) < 4.78 is 0. The highest BCUT2D eigenvalue weighted by molar-refractivity contribution is 5.78. The Morgan fingerprint density at radius 3 is 1.42 bits per heavy atom. The molecule has 0 N–H and O–H groups in total. The Balaban J connectivity index is 1.45. The van der Waals surface area contributed by atoms with Crippen molar-refractivity contribution in [2.75, 3.05) is 13.1 Å². The third-order valence-electron chi connectivity index (χ3n) is 10.1. The van der Waals surface area contributed by atoms with Gasteiger partial charge >= 0.3 is 6.03 Å². The molecule has 26 heavy (non-hydrogen) atoms. The molecule has 0 radical (unpaired) electrons. The van der Waals surface area contributed by atoms with Crippen LogP contribution < -0.4 is 0 Å². The predicted octanol–water partition coefficient (Wildman–Crippen LogP) is 5.15. The van der Waals surface area contributed by atoms with Crippen LogP contribution in [0.3, 0.4) is 0 Å². The van der Waals surface area contributed by atoms with Crippen molar-refractivity contribution in [1.29, 1.82) is 0 Å². The van der Waals surface area contributed by atoms with Crippen molar-refractivity contribution in [2.24, 2.45) is 33.5 Å². The molecule has 4 saturated carbocycles. The standard InChI is InChI=1S/C23H38N2O/c1-20(2)15-7-9-22(5,13-15)17(20)24-11-12-25(19(24)26)18-21(3,4)16-8-10-23(18,6)14-16/h15-18H,7-14H2,1-6H3/t15-,16-,17-,18-,22+,23+/m0/s1. The Labute approximate surface area is 159 Å². The summed E-state index contributed by atoms with van der Waals surface area (Å²) in [6.45, 7) is 16.6. The maximum absolute atomic E-state index is 13.7. The highest BCUT2D eigenvalue weighted by Gasteiger charge is 2.66. The zero-order valence-corrected chi connectivity index (χ0v) is 17.8. The molecule has 2 amide bonds. The summed E-state index contributed by atoms with van der Waals surface area (Å²) in [5.74, 6) is 1.60. The van der Waals surface area contributed by atoms with Crippen LogP contribution >= 0.6 is 0 Å². The number of nitrogens with zero attached hydrogens (tertiary/aromatic N) is 2. The van der Waals surface area contributed by atoms with Crippen molar-refractivity contribution in [3.05, 3.63) is 0 Å². The van der Waals surface area contributed by atoms with Gasteiger partial charge in [0.05, 0.1) is 0 Å². The molecule has 1 saturated heterocycles. The summed E-state index contributed by atoms with van der Waals surface area (Å²) in [5, 5.41) is 0. The Kier molecular flexibility index (Phi) is 3.21. The lowest BCUT2D eigenvalue weighted by Crippen LogP contribution is -2.57. The van der Waals surface area contributed by atoms with Gasteiger partial charge in [-0.25, -0.2) is 4.79 Å². The fourth-order valence-corrected chi connectivity index (χ4v) is 9.16. The van der Waals surface area contributed by atoms with Crippen LogP contribution in [0.15, 0.2) is 0 Å². The molecule has 5 rings (SSSR count). The normalized spacial score (nSPS) is 51.1. The number of carbonyl (C=O) groups excluding carboxylic acids is 1. The lowest BCUT2D eigenvalue weighted by molar-refractivity contribution is 0.0180. The van der Waals surface area contributed by atoms with Crippen LogP contribution in [0.4, 0.5) is 4.79 Å². The quantitative estimate of drug-likeness (QED) is 0.669. The van der Waals surface area contributed by atoms with Crippen LogP contribution in [-0.4, -0.2) is 41.0 Å². The molecule has 0 aromatic rings. The molecule has 4 bridgehead atoms. The largest absolute Gasteiger partial charge is 0.320 e. The Morgan fingerprint density at radius 2 is 1.12 bits per heavy atom. The van der Waals surface area contributed by atoms with Gasteiger partial charge in [-0.3, -0.25) is 0 Å². The van der Waals surface area contributed by atoms with Gasteiger partial charge in [0.15, 0.2) is 0 Å². The number of fused-ring (bicyclic) bond motifs is 4. The fraction of sp³-hybridized carbons (Fsp3) is 0.957. The number of amides is 2. The second-order valence-electron chi connectivity index (χ2n) is 12.3. The number of urea groups is 1. The van der Waals surface area contributed by atoms with Gasteiger partial charge in [0.2, 0.25) is 0 Å². The van der Waals surface area contributed by atoms with Gasteiger partial charge in [0, 0.05) is 25.2 Å². The zero-order chi connectivity index (χ0) is 18.7. The molecule has 0 aromatic carbocycles. The smallest absolute Gasteiger partial charge is 0.319 e. The highest BCUT2D eigenvalue weighted by atomic mass is 16.2. The van der Waals surface area contributed by atoms with Crippen molar-refractivity contribution in [1.82, 2.24) is 9.80 Å². The lowest BCUT2D eigenvalue weighted by atomic mass is 9.67. The summed E-state index contributed by atoms with van der Waals surface area (Å²) in [7, 11) is 0. The molecule has 1 heterocycles. The van der Waals surface area contributed by atoms with E-state index >= 15 is 0 Å². The molecule has 0 unspecified atom stereocenters. The van der Waals surface area contributed by atoms with Crippen molar-refractivity contribution in [3.63, 3.8) is 0 Å². The van der Waals surface area contributed by atoms with Crippen molar-refractivity contribution in [3.8, 4) is 0 Å². The SMILES string of the molecule is CC1(C)[C@H]2CC[C@](C)(C2)[C@H]1N1CCN([C@H]2C(C)(C)[C@H]3CC[C@]2(C)C3)C1=O. The maximum Gasteiger partial charge on any atom is 0.320 e. The van der Waals surface area contributed by atoms with E-state index in [9.17, 15) is 4.79 Å². The van der Waals surface area contributed by atoms with Gasteiger partial charge in [0.25, 0.3) is 0 Å². The first-order valence-electron chi connectivity index (χ1n) is 11.1. The van der Waals surface area contributed by atoms with Gasteiger partial charge in [0.1, 0.15) is 0 Å². The third kappa shape index (κ3) is 1.88. The zero-order valence-electron chi connectivity index (χ0n) is 17.8. The number of hydrogen-bond donors (Lipinski definition) is 0. The van der Waals surface area contributed by atoms with Crippen molar-refractivity contribution in [2.45, 2.75) is 92.2 Å². The summed E-state index contributed by atoms with van der Waals surface area (Å²) in [6.07, 6.45) is 7.99. The average molecular weight is 359 g/mol. The van der Waals surface area contributed by atoms with Gasteiger partial charge in [-0.1, -0.05) is 41.5 Å².